The van der Waals surface area contributed by atoms with Gasteiger partial charge in [-0.05, 0) is 62.3 Å². The first-order chi connectivity index (χ1) is 14.6. The van der Waals surface area contributed by atoms with Crippen molar-refractivity contribution < 1.29 is 22.4 Å². The van der Waals surface area contributed by atoms with Crippen LogP contribution >= 0.6 is 0 Å². The lowest BCUT2D eigenvalue weighted by molar-refractivity contribution is 0.0730. The summed E-state index contributed by atoms with van der Waals surface area (Å²) in [6.45, 7) is 3.87. The Morgan fingerprint density at radius 3 is 2.37 bits per heavy atom. The summed E-state index contributed by atoms with van der Waals surface area (Å²) in [5.74, 6) is 0.602. The van der Waals surface area contributed by atoms with Crippen molar-refractivity contribution in [1.82, 2.24) is 14.5 Å². The zero-order valence-corrected chi connectivity index (χ0v) is 17.6. The molecule has 1 atom stereocenters. The number of furan rings is 1. The third kappa shape index (κ3) is 4.59. The van der Waals surface area contributed by atoms with Gasteiger partial charge in [-0.25, -0.2) is 8.42 Å². The van der Waals surface area contributed by atoms with Crippen LogP contribution in [0.25, 0.3) is 0 Å². The molecule has 2 fully saturated rings. The van der Waals surface area contributed by atoms with E-state index in [2.05, 4.69) is 10.2 Å². The number of hydrogen-bond acceptors (Lipinski definition) is 6. The number of nitrogens with one attached hydrogen (secondary N) is 1. The highest BCUT2D eigenvalue weighted by Gasteiger charge is 2.27. The molecular weight excluding hydrogens is 406 g/mol. The second kappa shape index (κ2) is 9.30. The maximum Gasteiger partial charge on any atom is 0.251 e. The second-order valence-corrected chi connectivity index (χ2v) is 9.46. The molecule has 2 aromatic rings. The van der Waals surface area contributed by atoms with E-state index >= 15 is 0 Å². The Hall–Kier alpha value is -2.20. The van der Waals surface area contributed by atoms with E-state index < -0.39 is 10.0 Å². The normalized spacial score (nSPS) is 19.6. The molecule has 2 saturated heterocycles. The standard InChI is InChI=1S/C21H27N3O5S/c25-21(22-16-19(20-4-3-13-29-20)23-9-1-2-10-23)17-5-7-18(8-6-17)30(26,27)24-11-14-28-15-12-24/h3-8,13,19H,1-2,9-12,14-16H2,(H,22,25)/t19-/m0/s1. The van der Waals surface area contributed by atoms with Crippen molar-refractivity contribution in [2.45, 2.75) is 23.8 Å². The molecule has 2 aliphatic heterocycles. The average molecular weight is 434 g/mol. The van der Waals surface area contributed by atoms with Gasteiger partial charge in [0.25, 0.3) is 5.91 Å². The summed E-state index contributed by atoms with van der Waals surface area (Å²) in [5.41, 5.74) is 0.426. The second-order valence-electron chi connectivity index (χ2n) is 7.53. The highest BCUT2D eigenvalue weighted by molar-refractivity contribution is 7.89. The molecule has 0 spiro atoms. The summed E-state index contributed by atoms with van der Waals surface area (Å²) in [6.07, 6.45) is 3.93. The number of rotatable bonds is 7. The van der Waals surface area contributed by atoms with Gasteiger partial charge in [0.05, 0.1) is 30.4 Å². The molecule has 8 nitrogen and oxygen atoms in total. The topological polar surface area (TPSA) is 92.1 Å². The zero-order chi connectivity index (χ0) is 21.0. The van der Waals surface area contributed by atoms with Gasteiger partial charge in [0.15, 0.2) is 0 Å². The van der Waals surface area contributed by atoms with Crippen molar-refractivity contribution in [2.24, 2.45) is 0 Å². The predicted molar refractivity (Wildman–Crippen MR) is 111 cm³/mol. The maximum absolute atomic E-state index is 12.7. The van der Waals surface area contributed by atoms with Crippen LogP contribution in [-0.2, 0) is 14.8 Å². The summed E-state index contributed by atoms with van der Waals surface area (Å²) in [4.78, 5) is 15.2. The molecule has 1 aromatic heterocycles. The Labute approximate surface area is 176 Å². The van der Waals surface area contributed by atoms with Crippen LogP contribution in [-0.4, -0.2) is 69.5 Å². The molecule has 9 heteroatoms. The molecule has 1 amide bonds. The number of nitrogens with zero attached hydrogens (tertiary/aromatic N) is 2. The van der Waals surface area contributed by atoms with Crippen molar-refractivity contribution in [3.63, 3.8) is 0 Å². The Morgan fingerprint density at radius 1 is 1.03 bits per heavy atom. The molecule has 30 heavy (non-hydrogen) atoms. The quantitative estimate of drug-likeness (QED) is 0.717. The number of hydrogen-bond donors (Lipinski definition) is 1. The number of sulfonamides is 1. The van der Waals surface area contributed by atoms with E-state index in [-0.39, 0.29) is 16.8 Å². The van der Waals surface area contributed by atoms with E-state index in [0.717, 1.165) is 31.7 Å². The molecule has 4 rings (SSSR count). The molecule has 1 N–H and O–H groups in total. The molecule has 162 valence electrons. The lowest BCUT2D eigenvalue weighted by atomic mass is 10.1. The van der Waals surface area contributed by atoms with Crippen LogP contribution in [0.5, 0.6) is 0 Å². The Morgan fingerprint density at radius 2 is 1.73 bits per heavy atom. The minimum absolute atomic E-state index is 0.00702. The van der Waals surface area contributed by atoms with Crippen LogP contribution in [0.15, 0.2) is 52.0 Å². The van der Waals surface area contributed by atoms with E-state index in [1.807, 2.05) is 12.1 Å². The zero-order valence-electron chi connectivity index (χ0n) is 16.8. The predicted octanol–water partition coefficient (Wildman–Crippen LogP) is 1.87. The Balaban J connectivity index is 1.41. The summed E-state index contributed by atoms with van der Waals surface area (Å²) in [6, 6.07) is 9.87. The third-order valence-electron chi connectivity index (χ3n) is 5.63. The first-order valence-electron chi connectivity index (χ1n) is 10.3. The van der Waals surface area contributed by atoms with Crippen molar-refractivity contribution in [1.29, 1.82) is 0 Å². The molecule has 3 heterocycles. The van der Waals surface area contributed by atoms with Gasteiger partial charge >= 0.3 is 0 Å². The molecular formula is C21H27N3O5S. The first-order valence-corrected chi connectivity index (χ1v) is 11.7. The Bertz CT molecular complexity index is 932. The number of amides is 1. The fourth-order valence-electron chi connectivity index (χ4n) is 3.95. The van der Waals surface area contributed by atoms with Gasteiger partial charge < -0.3 is 14.5 Å². The van der Waals surface area contributed by atoms with Crippen LogP contribution in [0.2, 0.25) is 0 Å². The average Bonchev–Trinajstić information content (AvgIpc) is 3.50. The fraction of sp³-hybridized carbons (Fsp3) is 0.476. The summed E-state index contributed by atoms with van der Waals surface area (Å²) < 4.78 is 37.6. The van der Waals surface area contributed by atoms with Gasteiger partial charge in [-0.3, -0.25) is 9.69 Å². The van der Waals surface area contributed by atoms with E-state index in [0.29, 0.717) is 38.4 Å². The number of carbonyl (C=O) groups excluding carboxylic acids is 1. The minimum atomic E-state index is -3.57. The SMILES string of the molecule is O=C(NC[C@@H](c1ccco1)N1CCCC1)c1ccc(S(=O)(=O)N2CCOCC2)cc1. The van der Waals surface area contributed by atoms with Crippen molar-refractivity contribution in [2.75, 3.05) is 45.9 Å². The summed E-state index contributed by atoms with van der Waals surface area (Å²) in [7, 11) is -3.57. The van der Waals surface area contributed by atoms with E-state index in [1.54, 1.807) is 18.4 Å². The van der Waals surface area contributed by atoms with Crippen LogP contribution in [0, 0.1) is 0 Å². The van der Waals surface area contributed by atoms with E-state index in [9.17, 15) is 13.2 Å². The van der Waals surface area contributed by atoms with Crippen molar-refractivity contribution >= 4 is 15.9 Å². The lowest BCUT2D eigenvalue weighted by Crippen LogP contribution is -2.40. The molecule has 0 saturated carbocycles. The van der Waals surface area contributed by atoms with Crippen LogP contribution in [0.4, 0.5) is 0 Å². The summed E-state index contributed by atoms with van der Waals surface area (Å²) >= 11 is 0. The third-order valence-corrected chi connectivity index (χ3v) is 7.55. The number of benzene rings is 1. The van der Waals surface area contributed by atoms with Crippen LogP contribution in [0.3, 0.4) is 0 Å². The molecule has 0 unspecified atom stereocenters. The van der Waals surface area contributed by atoms with Crippen molar-refractivity contribution in [3.8, 4) is 0 Å². The van der Waals surface area contributed by atoms with Gasteiger partial charge in [0.1, 0.15) is 5.76 Å². The number of morpholine rings is 1. The fourth-order valence-corrected chi connectivity index (χ4v) is 5.36. The molecule has 1 aromatic carbocycles. The number of likely N-dealkylation sites (tertiary alicyclic amines) is 1. The molecule has 0 radical (unpaired) electrons. The highest BCUT2D eigenvalue weighted by atomic mass is 32.2. The van der Waals surface area contributed by atoms with E-state index in [4.69, 9.17) is 9.15 Å². The van der Waals surface area contributed by atoms with Gasteiger partial charge in [-0.2, -0.15) is 4.31 Å². The minimum Gasteiger partial charge on any atom is -0.468 e. The van der Waals surface area contributed by atoms with Gasteiger partial charge in [0, 0.05) is 25.2 Å². The number of ether oxygens (including phenoxy) is 1. The molecule has 0 aliphatic carbocycles. The highest BCUT2D eigenvalue weighted by Crippen LogP contribution is 2.25. The maximum atomic E-state index is 12.7. The van der Waals surface area contributed by atoms with E-state index in [1.165, 1.54) is 16.4 Å². The summed E-state index contributed by atoms with van der Waals surface area (Å²) in [5, 5.41) is 2.97. The largest absolute Gasteiger partial charge is 0.468 e. The first kappa shape index (κ1) is 21.0. The van der Waals surface area contributed by atoms with Crippen molar-refractivity contribution in [3.05, 3.63) is 54.0 Å². The van der Waals surface area contributed by atoms with Gasteiger partial charge in [-0.1, -0.05) is 0 Å². The van der Waals surface area contributed by atoms with Gasteiger partial charge in [-0.15, -0.1) is 0 Å². The monoisotopic (exact) mass is 433 g/mol. The molecule has 0 bridgehead atoms. The van der Waals surface area contributed by atoms with Crippen LogP contribution in [0.1, 0.15) is 35.0 Å². The lowest BCUT2D eigenvalue weighted by Gasteiger charge is -2.26. The Kier molecular flexibility index (Phi) is 6.52. The smallest absolute Gasteiger partial charge is 0.251 e. The van der Waals surface area contributed by atoms with Gasteiger partial charge in [0.2, 0.25) is 10.0 Å². The number of carbonyl (C=O) groups is 1. The molecule has 2 aliphatic rings. The van der Waals surface area contributed by atoms with Crippen LogP contribution < -0.4 is 5.32 Å².